The largest absolute Gasteiger partial charge is 0.309 e. The number of para-hydroxylation sites is 1. The zero-order valence-electron chi connectivity index (χ0n) is 32.2. The van der Waals surface area contributed by atoms with Gasteiger partial charge in [-0.15, -0.1) is 0 Å². The summed E-state index contributed by atoms with van der Waals surface area (Å²) in [7, 11) is -3.09. The van der Waals surface area contributed by atoms with E-state index in [0.29, 0.717) is 0 Å². The molecule has 0 atom stereocenters. The molecule has 0 aliphatic heterocycles. The van der Waals surface area contributed by atoms with Crippen molar-refractivity contribution in [2.24, 2.45) is 0 Å². The molecule has 0 fully saturated rings. The first-order valence-electron chi connectivity index (χ1n) is 20.1. The molecule has 10 aromatic rings. The number of nitrogens with zero attached hydrogens (tertiary/aromatic N) is 1. The van der Waals surface area contributed by atoms with E-state index in [1.165, 1.54) is 38.8 Å². The first-order valence-corrected chi connectivity index (χ1v) is 21.9. The molecule has 0 saturated carbocycles. The number of fused-ring (bicyclic) bond motifs is 6. The Kier molecular flexibility index (Phi) is 8.36. The van der Waals surface area contributed by atoms with Crippen molar-refractivity contribution in [1.82, 2.24) is 4.98 Å². The Hall–Kier alpha value is -7.12. The topological polar surface area (TPSA) is 30.0 Å². The van der Waals surface area contributed by atoms with Gasteiger partial charge in [0.25, 0.3) is 0 Å². The zero-order valence-corrected chi connectivity index (χ0v) is 33.1. The van der Waals surface area contributed by atoms with Crippen molar-refractivity contribution in [3.05, 3.63) is 253 Å². The van der Waals surface area contributed by atoms with Crippen LogP contribution >= 0.6 is 7.14 Å². The van der Waals surface area contributed by atoms with Crippen LogP contribution < -0.4 is 15.9 Å². The van der Waals surface area contributed by atoms with E-state index < -0.39 is 12.6 Å². The Morgan fingerprint density at radius 3 is 1.56 bits per heavy atom. The summed E-state index contributed by atoms with van der Waals surface area (Å²) < 4.78 is 15.1. The van der Waals surface area contributed by atoms with Crippen molar-refractivity contribution in [2.75, 3.05) is 0 Å². The fraction of sp³-hybridized carbons (Fsp3) is 0.0179. The highest BCUT2D eigenvalue weighted by Gasteiger charge is 2.46. The minimum atomic E-state index is -3.09. The van der Waals surface area contributed by atoms with Crippen LogP contribution in [0, 0.1) is 0 Å². The lowest BCUT2D eigenvalue weighted by atomic mass is 9.67. The Bertz CT molecular complexity index is 3130. The molecule has 59 heavy (non-hydrogen) atoms. The van der Waals surface area contributed by atoms with Gasteiger partial charge in [-0.1, -0.05) is 206 Å². The molecule has 1 aromatic heterocycles. The van der Waals surface area contributed by atoms with Gasteiger partial charge < -0.3 is 4.57 Å². The summed E-state index contributed by atoms with van der Waals surface area (Å²) in [6.07, 6.45) is 0. The highest BCUT2D eigenvalue weighted by molar-refractivity contribution is 7.85. The maximum Gasteiger partial charge on any atom is 0.171 e. The van der Waals surface area contributed by atoms with Crippen LogP contribution in [-0.4, -0.2) is 4.98 Å². The van der Waals surface area contributed by atoms with Gasteiger partial charge in [0.1, 0.15) is 0 Å². The molecule has 1 aliphatic carbocycles. The maximum absolute atomic E-state index is 15.1. The average Bonchev–Trinajstić information content (AvgIpc) is 3.61. The predicted molar refractivity (Wildman–Crippen MR) is 247 cm³/mol. The van der Waals surface area contributed by atoms with Crippen molar-refractivity contribution < 1.29 is 4.57 Å². The standard InChI is InChI=1S/C56H38NOP/c58-59(44-24-9-3-10-25-44,45-26-11-4-12-27-45)46-34-32-39(33-35-46)40-18-17-19-41(36-40)55-51-37-50-47-28-13-15-30-52(47)56(42-20-5-1-6-21-42,43-22-7-2-8-23-43)53(50)38-49(51)48-29-14-16-31-54(48)57-55/h1-38H. The fourth-order valence-electron chi connectivity index (χ4n) is 9.54. The van der Waals surface area contributed by atoms with Gasteiger partial charge in [-0.05, 0) is 74.2 Å². The van der Waals surface area contributed by atoms with E-state index >= 15 is 4.57 Å². The Morgan fingerprint density at radius 1 is 0.356 bits per heavy atom. The summed E-state index contributed by atoms with van der Waals surface area (Å²) in [6, 6.07) is 80.9. The molecular weight excluding hydrogens is 734 g/mol. The number of pyridine rings is 1. The van der Waals surface area contributed by atoms with E-state index in [9.17, 15) is 0 Å². The van der Waals surface area contributed by atoms with Crippen molar-refractivity contribution in [2.45, 2.75) is 5.41 Å². The molecule has 1 heterocycles. The molecule has 278 valence electrons. The van der Waals surface area contributed by atoms with E-state index in [1.807, 2.05) is 72.8 Å². The molecule has 3 heteroatoms. The summed E-state index contributed by atoms with van der Waals surface area (Å²) in [5.74, 6) is 0. The van der Waals surface area contributed by atoms with Crippen LogP contribution in [0.3, 0.4) is 0 Å². The average molecular weight is 772 g/mol. The van der Waals surface area contributed by atoms with Crippen molar-refractivity contribution in [1.29, 1.82) is 0 Å². The normalized spacial score (nSPS) is 12.9. The van der Waals surface area contributed by atoms with E-state index in [-0.39, 0.29) is 0 Å². The summed E-state index contributed by atoms with van der Waals surface area (Å²) in [5.41, 5.74) is 12.1. The fourth-order valence-corrected chi connectivity index (χ4v) is 12.2. The van der Waals surface area contributed by atoms with Crippen molar-refractivity contribution >= 4 is 44.7 Å². The number of hydrogen-bond donors (Lipinski definition) is 0. The first-order chi connectivity index (χ1) is 29.1. The van der Waals surface area contributed by atoms with Gasteiger partial charge in [-0.2, -0.15) is 0 Å². The van der Waals surface area contributed by atoms with Crippen LogP contribution in [0.2, 0.25) is 0 Å². The maximum atomic E-state index is 15.1. The highest BCUT2D eigenvalue weighted by atomic mass is 31.2. The molecule has 11 rings (SSSR count). The van der Waals surface area contributed by atoms with Crippen molar-refractivity contribution in [3.63, 3.8) is 0 Å². The molecule has 0 saturated heterocycles. The third-order valence-electron chi connectivity index (χ3n) is 12.2. The van der Waals surface area contributed by atoms with E-state index in [0.717, 1.165) is 54.6 Å². The highest BCUT2D eigenvalue weighted by Crippen LogP contribution is 2.57. The molecule has 0 radical (unpaired) electrons. The molecule has 1 aliphatic rings. The monoisotopic (exact) mass is 771 g/mol. The first kappa shape index (κ1) is 35.1. The molecular formula is C56H38NOP. The number of hydrogen-bond acceptors (Lipinski definition) is 2. The molecule has 0 unspecified atom stereocenters. The summed E-state index contributed by atoms with van der Waals surface area (Å²) in [4.78, 5) is 5.42. The minimum Gasteiger partial charge on any atom is -0.309 e. The van der Waals surface area contributed by atoms with Crippen molar-refractivity contribution in [3.8, 4) is 33.5 Å². The summed E-state index contributed by atoms with van der Waals surface area (Å²) in [6.45, 7) is 0. The lowest BCUT2D eigenvalue weighted by Gasteiger charge is -2.34. The van der Waals surface area contributed by atoms with E-state index in [4.69, 9.17) is 4.98 Å². The second-order valence-corrected chi connectivity index (χ2v) is 18.1. The van der Waals surface area contributed by atoms with Crippen LogP contribution in [0.25, 0.3) is 55.2 Å². The summed E-state index contributed by atoms with van der Waals surface area (Å²) >= 11 is 0. The Balaban J connectivity index is 1.09. The predicted octanol–water partition coefficient (Wildman–Crippen LogP) is 12.7. The van der Waals surface area contributed by atoms with Gasteiger partial charge in [0.05, 0.1) is 16.6 Å². The zero-order chi connectivity index (χ0) is 39.4. The van der Waals surface area contributed by atoms with Gasteiger partial charge in [0, 0.05) is 32.2 Å². The smallest absolute Gasteiger partial charge is 0.171 e. The lowest BCUT2D eigenvalue weighted by molar-refractivity contribution is 0.592. The van der Waals surface area contributed by atoms with Gasteiger partial charge in [-0.3, -0.25) is 0 Å². The number of benzene rings is 9. The Labute approximate surface area is 344 Å². The second-order valence-electron chi connectivity index (χ2n) is 15.4. The molecule has 0 N–H and O–H groups in total. The van der Waals surface area contributed by atoms with Gasteiger partial charge >= 0.3 is 0 Å². The van der Waals surface area contributed by atoms with Gasteiger partial charge in [0.2, 0.25) is 0 Å². The van der Waals surface area contributed by atoms with Crippen LogP contribution in [0.1, 0.15) is 22.3 Å². The quantitative estimate of drug-likeness (QED) is 0.119. The lowest BCUT2D eigenvalue weighted by Crippen LogP contribution is -2.28. The molecule has 2 nitrogen and oxygen atoms in total. The number of aromatic nitrogens is 1. The van der Waals surface area contributed by atoms with E-state index in [1.54, 1.807) is 0 Å². The number of rotatable bonds is 7. The van der Waals surface area contributed by atoms with Crippen LogP contribution in [0.15, 0.2) is 231 Å². The molecule has 9 aromatic carbocycles. The summed E-state index contributed by atoms with van der Waals surface area (Å²) in [5, 5.41) is 5.90. The molecule has 0 amide bonds. The molecule has 0 bridgehead atoms. The third kappa shape index (κ3) is 5.48. The van der Waals surface area contributed by atoms with E-state index in [2.05, 4.69) is 158 Å². The third-order valence-corrected chi connectivity index (χ3v) is 15.3. The van der Waals surface area contributed by atoms with Crippen LogP contribution in [0.5, 0.6) is 0 Å². The minimum absolute atomic E-state index is 0.496. The SMILES string of the molecule is O=P(c1ccccc1)(c1ccccc1)c1ccc(-c2cccc(-c3nc4ccccc4c4cc5c(cc34)-c3ccccc3C5(c3ccccc3)c3ccccc3)c2)cc1. The van der Waals surface area contributed by atoms with Crippen LogP contribution in [-0.2, 0) is 9.98 Å². The Morgan fingerprint density at radius 2 is 0.898 bits per heavy atom. The van der Waals surface area contributed by atoms with Gasteiger partial charge in [0.15, 0.2) is 7.14 Å². The van der Waals surface area contributed by atoms with Crippen LogP contribution in [0.4, 0.5) is 0 Å². The van der Waals surface area contributed by atoms with Gasteiger partial charge in [-0.25, -0.2) is 4.98 Å². The second kappa shape index (κ2) is 14.1. The molecule has 0 spiro atoms.